The molecule has 0 radical (unpaired) electrons. The molecule has 2 aliphatic carbocycles. The van der Waals surface area contributed by atoms with Crippen LogP contribution in [0.2, 0.25) is 0 Å². The number of carbonyl (C=O) groups is 2. The number of esters is 2. The van der Waals surface area contributed by atoms with E-state index in [0.717, 1.165) is 32.1 Å². The van der Waals surface area contributed by atoms with Crippen LogP contribution in [0.25, 0.3) is 0 Å². The highest BCUT2D eigenvalue weighted by Gasteiger charge is 2.49. The van der Waals surface area contributed by atoms with Crippen LogP contribution in [0.4, 0.5) is 0 Å². The largest absolute Gasteiger partial charge is 0.456 e. The third-order valence-corrected chi connectivity index (χ3v) is 5.65. The summed E-state index contributed by atoms with van der Waals surface area (Å²) in [7, 11) is 0. The summed E-state index contributed by atoms with van der Waals surface area (Å²) in [5.41, 5.74) is -0.277. The predicted octanol–water partition coefficient (Wildman–Crippen LogP) is 2.14. The van der Waals surface area contributed by atoms with Crippen molar-refractivity contribution < 1.29 is 23.8 Å². The van der Waals surface area contributed by atoms with Gasteiger partial charge in [0.15, 0.2) is 6.10 Å². The Morgan fingerprint density at radius 1 is 1.27 bits per heavy atom. The molecular weight excluding hydrogens is 284 g/mol. The van der Waals surface area contributed by atoms with E-state index in [1.807, 2.05) is 12.2 Å². The Morgan fingerprint density at radius 2 is 2.05 bits per heavy atom. The predicted molar refractivity (Wildman–Crippen MR) is 76.9 cm³/mol. The molecule has 0 aromatic carbocycles. The van der Waals surface area contributed by atoms with Crippen LogP contribution < -0.4 is 0 Å². The third-order valence-electron chi connectivity index (χ3n) is 5.65. The normalized spacial score (nSPS) is 42.6. The monoisotopic (exact) mass is 306 g/mol. The molecule has 0 spiro atoms. The van der Waals surface area contributed by atoms with Gasteiger partial charge in [0.05, 0.1) is 18.1 Å². The first kappa shape index (κ1) is 14.2. The Hall–Kier alpha value is -1.36. The van der Waals surface area contributed by atoms with Crippen LogP contribution in [0.15, 0.2) is 12.2 Å². The third kappa shape index (κ3) is 2.35. The summed E-state index contributed by atoms with van der Waals surface area (Å²) in [4.78, 5) is 24.4. The Morgan fingerprint density at radius 3 is 2.59 bits per heavy atom. The second-order valence-corrected chi connectivity index (χ2v) is 7.20. The molecule has 4 unspecified atom stereocenters. The van der Waals surface area contributed by atoms with Gasteiger partial charge in [-0.15, -0.1) is 0 Å². The fourth-order valence-corrected chi connectivity index (χ4v) is 4.39. The van der Waals surface area contributed by atoms with Crippen molar-refractivity contribution in [3.8, 4) is 0 Å². The Labute approximate surface area is 130 Å². The molecule has 2 aliphatic heterocycles. The molecule has 4 bridgehead atoms. The lowest BCUT2D eigenvalue weighted by Gasteiger charge is -2.28. The van der Waals surface area contributed by atoms with Crippen molar-refractivity contribution in [2.75, 3.05) is 0 Å². The first-order chi connectivity index (χ1) is 10.5. The maximum absolute atomic E-state index is 12.2. The van der Waals surface area contributed by atoms with Crippen molar-refractivity contribution in [3.05, 3.63) is 12.2 Å². The van der Waals surface area contributed by atoms with Crippen LogP contribution >= 0.6 is 0 Å². The lowest BCUT2D eigenvalue weighted by atomic mass is 9.94. The topological polar surface area (TPSA) is 61.8 Å². The summed E-state index contributed by atoms with van der Waals surface area (Å²) in [6.45, 7) is 1.60. The quantitative estimate of drug-likeness (QED) is 0.588. The molecule has 5 heteroatoms. The molecule has 0 N–H and O–H groups in total. The summed E-state index contributed by atoms with van der Waals surface area (Å²) >= 11 is 0. The molecule has 4 rings (SSSR count). The molecule has 3 fully saturated rings. The Balaban J connectivity index is 1.32. The number of rotatable bonds is 4. The first-order valence-electron chi connectivity index (χ1n) is 8.32. The van der Waals surface area contributed by atoms with E-state index < -0.39 is 12.1 Å². The summed E-state index contributed by atoms with van der Waals surface area (Å²) in [5, 5.41) is 0. The molecule has 0 amide bonds. The summed E-state index contributed by atoms with van der Waals surface area (Å²) in [5.74, 6) is -0.334. The van der Waals surface area contributed by atoms with E-state index in [4.69, 9.17) is 14.2 Å². The van der Waals surface area contributed by atoms with E-state index in [9.17, 15) is 9.59 Å². The van der Waals surface area contributed by atoms with Gasteiger partial charge < -0.3 is 14.2 Å². The number of ether oxygens (including phenoxy) is 3. The Bertz CT molecular complexity index is 517. The number of fused-ring (bicyclic) bond motifs is 4. The first-order valence-corrected chi connectivity index (χ1v) is 8.32. The van der Waals surface area contributed by atoms with Crippen molar-refractivity contribution in [1.82, 2.24) is 0 Å². The maximum atomic E-state index is 12.2. The van der Waals surface area contributed by atoms with Gasteiger partial charge >= 0.3 is 11.9 Å². The second kappa shape index (κ2) is 5.08. The van der Waals surface area contributed by atoms with Crippen molar-refractivity contribution in [2.24, 2.45) is 11.8 Å². The zero-order valence-electron chi connectivity index (χ0n) is 12.8. The molecular formula is C17H22O5. The van der Waals surface area contributed by atoms with Gasteiger partial charge in [-0.25, -0.2) is 4.79 Å². The van der Waals surface area contributed by atoms with Crippen molar-refractivity contribution in [1.29, 1.82) is 0 Å². The summed E-state index contributed by atoms with van der Waals surface area (Å²) < 4.78 is 16.6. The molecule has 2 saturated carbocycles. The highest BCUT2D eigenvalue weighted by Crippen LogP contribution is 2.50. The van der Waals surface area contributed by atoms with Gasteiger partial charge in [-0.3, -0.25) is 4.79 Å². The summed E-state index contributed by atoms with van der Waals surface area (Å²) in [6.07, 6.45) is 8.70. The number of carbonyl (C=O) groups excluding carboxylic acids is 2. The summed E-state index contributed by atoms with van der Waals surface area (Å²) in [6, 6.07) is 0. The maximum Gasteiger partial charge on any atom is 0.347 e. The van der Waals surface area contributed by atoms with Crippen LogP contribution in [-0.4, -0.2) is 35.9 Å². The van der Waals surface area contributed by atoms with Crippen LogP contribution in [0.3, 0.4) is 0 Å². The van der Waals surface area contributed by atoms with E-state index in [1.165, 1.54) is 0 Å². The molecule has 0 aromatic rings. The average Bonchev–Trinajstić information content (AvgIpc) is 3.26. The second-order valence-electron chi connectivity index (χ2n) is 7.20. The average molecular weight is 306 g/mol. The van der Waals surface area contributed by atoms with Gasteiger partial charge in [0.1, 0.15) is 5.60 Å². The highest BCUT2D eigenvalue weighted by atomic mass is 16.6. The SMILES string of the molecule is CC(OC(=O)C1CC2C=CC1O2)C(=O)OC12CCC(CC1)C2. The zero-order valence-corrected chi connectivity index (χ0v) is 12.8. The van der Waals surface area contributed by atoms with Gasteiger partial charge in [-0.1, -0.05) is 12.2 Å². The van der Waals surface area contributed by atoms with Gasteiger partial charge in [0.25, 0.3) is 0 Å². The molecule has 1 saturated heterocycles. The fraction of sp³-hybridized carbons (Fsp3) is 0.765. The highest BCUT2D eigenvalue weighted by molar-refractivity contribution is 5.81. The van der Waals surface area contributed by atoms with Crippen molar-refractivity contribution in [3.63, 3.8) is 0 Å². The molecule has 22 heavy (non-hydrogen) atoms. The van der Waals surface area contributed by atoms with Crippen LogP contribution in [0.1, 0.15) is 45.4 Å². The van der Waals surface area contributed by atoms with E-state index in [0.29, 0.717) is 12.3 Å². The lowest BCUT2D eigenvalue weighted by Crippen LogP contribution is -2.38. The molecule has 4 atom stereocenters. The Kier molecular flexibility index (Phi) is 3.29. The minimum absolute atomic E-state index is 0.0256. The number of hydrogen-bond acceptors (Lipinski definition) is 5. The smallest absolute Gasteiger partial charge is 0.347 e. The van der Waals surface area contributed by atoms with E-state index >= 15 is 0 Å². The van der Waals surface area contributed by atoms with Crippen molar-refractivity contribution >= 4 is 11.9 Å². The molecule has 4 aliphatic rings. The zero-order chi connectivity index (χ0) is 15.3. The van der Waals surface area contributed by atoms with Crippen LogP contribution in [0.5, 0.6) is 0 Å². The molecule has 0 aromatic heterocycles. The number of hydrogen-bond donors (Lipinski definition) is 0. The van der Waals surface area contributed by atoms with Gasteiger partial charge in [0, 0.05) is 0 Å². The molecule has 120 valence electrons. The minimum atomic E-state index is -0.843. The fourth-order valence-electron chi connectivity index (χ4n) is 4.39. The van der Waals surface area contributed by atoms with E-state index in [2.05, 4.69) is 0 Å². The van der Waals surface area contributed by atoms with Gasteiger partial charge in [0.2, 0.25) is 0 Å². The molecule has 5 nitrogen and oxygen atoms in total. The lowest BCUT2D eigenvalue weighted by molar-refractivity contribution is -0.179. The molecule has 2 heterocycles. The van der Waals surface area contributed by atoms with E-state index in [-0.39, 0.29) is 29.7 Å². The van der Waals surface area contributed by atoms with Crippen LogP contribution in [-0.2, 0) is 23.8 Å². The van der Waals surface area contributed by atoms with Gasteiger partial charge in [-0.2, -0.15) is 0 Å². The minimum Gasteiger partial charge on any atom is -0.456 e. The van der Waals surface area contributed by atoms with Crippen LogP contribution in [0, 0.1) is 11.8 Å². The van der Waals surface area contributed by atoms with E-state index in [1.54, 1.807) is 6.92 Å². The standard InChI is InChI=1S/C17H22O5/c1-10(15(18)22-17-6-4-11(9-17)5-7-17)20-16(19)13-8-12-2-3-14(13)21-12/h2-3,10-14H,4-9H2,1H3. The van der Waals surface area contributed by atoms with Crippen molar-refractivity contribution in [2.45, 2.75) is 69.4 Å². The van der Waals surface area contributed by atoms with Gasteiger partial charge in [-0.05, 0) is 51.4 Å².